The van der Waals surface area contributed by atoms with Crippen LogP contribution in [0.2, 0.25) is 0 Å². The van der Waals surface area contributed by atoms with Crippen molar-refractivity contribution in [2.45, 2.75) is 32.7 Å². The van der Waals surface area contributed by atoms with E-state index in [1.54, 1.807) is 24.2 Å². The Balaban J connectivity index is 1.11. The van der Waals surface area contributed by atoms with Gasteiger partial charge in [-0.2, -0.15) is 5.10 Å². The van der Waals surface area contributed by atoms with Gasteiger partial charge in [-0.3, -0.25) is 14.9 Å². The third-order valence-corrected chi connectivity index (χ3v) is 7.83. The maximum Gasteiger partial charge on any atom is 0.326 e. The number of carbonyl (C=O) groups is 2. The zero-order valence-corrected chi connectivity index (χ0v) is 23.0. The largest absolute Gasteiger partial charge is 0.480 e. The van der Waals surface area contributed by atoms with Gasteiger partial charge in [-0.25, -0.2) is 14.8 Å². The second kappa shape index (κ2) is 9.95. The highest BCUT2D eigenvalue weighted by molar-refractivity contribution is 6.06. The van der Waals surface area contributed by atoms with Gasteiger partial charge in [0.2, 0.25) is 5.91 Å². The number of benzene rings is 2. The van der Waals surface area contributed by atoms with Crippen LogP contribution in [0.4, 0.5) is 11.5 Å². The van der Waals surface area contributed by atoms with Gasteiger partial charge in [-0.1, -0.05) is 24.3 Å². The number of furan rings is 1. The van der Waals surface area contributed by atoms with Gasteiger partial charge in [0.1, 0.15) is 23.0 Å². The number of amides is 1. The second-order valence-electron chi connectivity index (χ2n) is 10.8. The molecule has 3 N–H and O–H groups in total. The van der Waals surface area contributed by atoms with Crippen molar-refractivity contribution in [3.8, 4) is 11.3 Å². The maximum absolute atomic E-state index is 13.1. The van der Waals surface area contributed by atoms with Gasteiger partial charge < -0.3 is 19.7 Å². The van der Waals surface area contributed by atoms with Gasteiger partial charge in [0.15, 0.2) is 11.4 Å². The Morgan fingerprint density at radius 1 is 1.10 bits per heavy atom. The van der Waals surface area contributed by atoms with Crippen LogP contribution in [0, 0.1) is 19.8 Å². The molecule has 5 heterocycles. The number of nitrogens with zero attached hydrogens (tertiary/aromatic N) is 5. The molecule has 0 radical (unpaired) electrons. The number of pyridine rings is 1. The Bertz CT molecular complexity index is 2010. The first-order valence-corrected chi connectivity index (χ1v) is 13.7. The van der Waals surface area contributed by atoms with Crippen LogP contribution in [0.25, 0.3) is 44.2 Å². The number of H-pyrrole nitrogens is 1. The van der Waals surface area contributed by atoms with Crippen LogP contribution in [0.5, 0.6) is 0 Å². The van der Waals surface area contributed by atoms with Crippen LogP contribution in [0.1, 0.15) is 24.2 Å². The van der Waals surface area contributed by atoms with E-state index in [1.165, 1.54) is 0 Å². The third kappa shape index (κ3) is 4.39. The molecule has 6 aromatic rings. The molecule has 4 aromatic heterocycles. The summed E-state index contributed by atoms with van der Waals surface area (Å²) in [5.74, 6) is -0.421. The summed E-state index contributed by atoms with van der Waals surface area (Å²) >= 11 is 0. The molecule has 7 rings (SSSR count). The molecule has 2 atom stereocenters. The summed E-state index contributed by atoms with van der Waals surface area (Å²) in [5.41, 5.74) is 5.95. The number of fused-ring (bicyclic) bond motifs is 4. The minimum Gasteiger partial charge on any atom is -0.480 e. The minimum atomic E-state index is -0.971. The van der Waals surface area contributed by atoms with E-state index >= 15 is 0 Å². The average Bonchev–Trinajstić information content (AvgIpc) is 3.70. The van der Waals surface area contributed by atoms with Crippen molar-refractivity contribution in [2.75, 3.05) is 16.8 Å². The number of nitrogens with one attached hydrogen (secondary N) is 2. The van der Waals surface area contributed by atoms with Gasteiger partial charge in [0.05, 0.1) is 29.3 Å². The van der Waals surface area contributed by atoms with E-state index < -0.39 is 12.0 Å². The van der Waals surface area contributed by atoms with Gasteiger partial charge in [0, 0.05) is 29.3 Å². The van der Waals surface area contributed by atoms with Crippen molar-refractivity contribution < 1.29 is 19.1 Å². The molecule has 1 saturated heterocycles. The molecule has 1 fully saturated rings. The van der Waals surface area contributed by atoms with Crippen molar-refractivity contribution in [1.29, 1.82) is 0 Å². The number of para-hydroxylation sites is 1. The molecule has 11 heteroatoms. The number of hydrogen-bond acceptors (Lipinski definition) is 8. The Hall–Kier alpha value is -5.32. The Morgan fingerprint density at radius 3 is 2.79 bits per heavy atom. The Kier molecular flexibility index (Phi) is 6.07. The van der Waals surface area contributed by atoms with Crippen molar-refractivity contribution in [2.24, 2.45) is 5.92 Å². The lowest BCUT2D eigenvalue weighted by atomic mass is 10.0. The van der Waals surface area contributed by atoms with Crippen molar-refractivity contribution in [1.82, 2.24) is 25.1 Å². The average molecular weight is 562 g/mol. The van der Waals surface area contributed by atoms with Gasteiger partial charge in [-0.05, 0) is 56.0 Å². The second-order valence-corrected chi connectivity index (χ2v) is 10.8. The number of carboxylic acids is 1. The number of aromatic amines is 1. The minimum absolute atomic E-state index is 0.156. The molecular weight excluding hydrogens is 534 g/mol. The molecule has 0 spiro atoms. The van der Waals surface area contributed by atoms with Crippen molar-refractivity contribution in [3.63, 3.8) is 0 Å². The Morgan fingerprint density at radius 2 is 1.95 bits per heavy atom. The summed E-state index contributed by atoms with van der Waals surface area (Å²) in [6.45, 7) is 4.07. The smallest absolute Gasteiger partial charge is 0.326 e. The standard InChI is InChI=1S/C31H27N7O4/c1-16-10-19(13-32-27(16)20-7-5-8-23-22(20)14-33-37-23)36-26(39)12-18-11-24(31(40)41)38(15-18)30-29-28(34-17(2)35-30)21-6-3-4-9-25(21)42-29/h3-10,13-14,18,24H,11-12,15H2,1-2H3,(H,33,37)(H,36,39)(H,40,41)/t18-,24+/m1/s1. The summed E-state index contributed by atoms with van der Waals surface area (Å²) in [6, 6.07) is 14.5. The van der Waals surface area contributed by atoms with Crippen LogP contribution in [-0.4, -0.2) is 54.7 Å². The number of carbonyl (C=O) groups excluding carboxylic acids is 1. The molecular formula is C31H27N7O4. The van der Waals surface area contributed by atoms with E-state index in [0.29, 0.717) is 47.0 Å². The molecule has 1 aliphatic heterocycles. The Labute approximate surface area is 239 Å². The molecule has 0 unspecified atom stereocenters. The number of aromatic nitrogens is 5. The lowest BCUT2D eigenvalue weighted by Crippen LogP contribution is -2.36. The predicted octanol–water partition coefficient (Wildman–Crippen LogP) is 5.24. The molecule has 0 saturated carbocycles. The van der Waals surface area contributed by atoms with E-state index in [4.69, 9.17) is 4.42 Å². The first-order chi connectivity index (χ1) is 20.4. The highest BCUT2D eigenvalue weighted by Crippen LogP contribution is 2.38. The van der Waals surface area contributed by atoms with Crippen LogP contribution in [0.3, 0.4) is 0 Å². The zero-order valence-electron chi connectivity index (χ0n) is 23.0. The summed E-state index contributed by atoms with van der Waals surface area (Å²) in [6.07, 6.45) is 3.88. The van der Waals surface area contributed by atoms with Crippen LogP contribution in [0.15, 0.2) is 65.3 Å². The van der Waals surface area contributed by atoms with Gasteiger partial charge >= 0.3 is 5.97 Å². The number of rotatable bonds is 6. The first-order valence-electron chi connectivity index (χ1n) is 13.7. The number of anilines is 2. The highest BCUT2D eigenvalue weighted by Gasteiger charge is 2.40. The fourth-order valence-electron chi connectivity index (χ4n) is 5.99. The first kappa shape index (κ1) is 25.6. The fraction of sp³-hybridized carbons (Fsp3) is 0.226. The summed E-state index contributed by atoms with van der Waals surface area (Å²) in [4.78, 5) is 41.0. The van der Waals surface area contributed by atoms with E-state index in [1.807, 2.05) is 55.5 Å². The van der Waals surface area contributed by atoms with E-state index in [9.17, 15) is 14.7 Å². The maximum atomic E-state index is 13.1. The van der Waals surface area contributed by atoms with Crippen LogP contribution < -0.4 is 10.2 Å². The molecule has 2 aromatic carbocycles. The molecule has 42 heavy (non-hydrogen) atoms. The lowest BCUT2D eigenvalue weighted by Gasteiger charge is -2.22. The highest BCUT2D eigenvalue weighted by atomic mass is 16.4. The monoisotopic (exact) mass is 561 g/mol. The van der Waals surface area contributed by atoms with Crippen LogP contribution >= 0.6 is 0 Å². The normalized spacial score (nSPS) is 17.0. The summed E-state index contributed by atoms with van der Waals surface area (Å²) in [5, 5.41) is 22.0. The zero-order chi connectivity index (χ0) is 29.0. The number of aliphatic carboxylic acids is 1. The molecule has 1 amide bonds. The SMILES string of the molecule is Cc1nc(N2C[C@@H](CC(=O)Nc3cnc(-c4cccc5[nH]ncc45)c(C)c3)C[C@H]2C(=O)O)c2oc3ccccc3c2n1. The third-order valence-electron chi connectivity index (χ3n) is 7.83. The fourth-order valence-corrected chi connectivity index (χ4v) is 5.99. The molecule has 1 aliphatic rings. The predicted molar refractivity (Wildman–Crippen MR) is 158 cm³/mol. The van der Waals surface area contributed by atoms with Crippen molar-refractivity contribution >= 4 is 56.4 Å². The topological polar surface area (TPSA) is 150 Å². The van der Waals surface area contributed by atoms with E-state index in [2.05, 4.69) is 30.5 Å². The molecule has 0 aliphatic carbocycles. The number of aryl methyl sites for hydroxylation is 2. The number of hydrogen-bond donors (Lipinski definition) is 3. The van der Waals surface area contributed by atoms with E-state index in [-0.39, 0.29) is 18.2 Å². The van der Waals surface area contributed by atoms with Gasteiger partial charge in [0.25, 0.3) is 0 Å². The number of carboxylic acid groups (broad SMARTS) is 1. The summed E-state index contributed by atoms with van der Waals surface area (Å²) < 4.78 is 6.10. The quantitative estimate of drug-likeness (QED) is 0.248. The molecule has 0 bridgehead atoms. The van der Waals surface area contributed by atoms with Gasteiger partial charge in [-0.15, -0.1) is 0 Å². The van der Waals surface area contributed by atoms with E-state index in [0.717, 1.165) is 33.1 Å². The molecule has 11 nitrogen and oxygen atoms in total. The van der Waals surface area contributed by atoms with Crippen molar-refractivity contribution in [3.05, 3.63) is 72.3 Å². The van der Waals surface area contributed by atoms with Crippen LogP contribution in [-0.2, 0) is 9.59 Å². The molecule has 210 valence electrons. The summed E-state index contributed by atoms with van der Waals surface area (Å²) in [7, 11) is 0. The lowest BCUT2D eigenvalue weighted by molar-refractivity contribution is -0.138.